The summed E-state index contributed by atoms with van der Waals surface area (Å²) in [6, 6.07) is 58.6. The van der Waals surface area contributed by atoms with Crippen LogP contribution in [0.1, 0.15) is 0 Å². The Kier molecular flexibility index (Phi) is 6.42. The van der Waals surface area contributed by atoms with Gasteiger partial charge in [-0.05, 0) is 58.7 Å². The maximum atomic E-state index is 6.48. The summed E-state index contributed by atoms with van der Waals surface area (Å²) in [7, 11) is 0. The molecule has 50 heavy (non-hydrogen) atoms. The van der Waals surface area contributed by atoms with Crippen LogP contribution in [-0.2, 0) is 0 Å². The van der Waals surface area contributed by atoms with Crippen molar-refractivity contribution in [2.45, 2.75) is 0 Å². The molecule has 234 valence electrons. The van der Waals surface area contributed by atoms with E-state index < -0.39 is 0 Å². The summed E-state index contributed by atoms with van der Waals surface area (Å²) in [6.45, 7) is 0. The van der Waals surface area contributed by atoms with E-state index in [4.69, 9.17) is 19.4 Å². The van der Waals surface area contributed by atoms with Gasteiger partial charge in [0.1, 0.15) is 11.2 Å². The smallest absolute Gasteiger partial charge is 0.238 e. The predicted molar refractivity (Wildman–Crippen MR) is 203 cm³/mol. The van der Waals surface area contributed by atoms with Crippen molar-refractivity contribution < 1.29 is 4.42 Å². The average Bonchev–Trinajstić information content (AvgIpc) is 3.74. The van der Waals surface area contributed by atoms with Gasteiger partial charge < -0.3 is 4.42 Å². The zero-order chi connectivity index (χ0) is 33.0. The lowest BCUT2D eigenvalue weighted by atomic mass is 10.0. The van der Waals surface area contributed by atoms with Crippen LogP contribution >= 0.6 is 0 Å². The van der Waals surface area contributed by atoms with Gasteiger partial charge in [0, 0.05) is 32.7 Å². The molecule has 0 aliphatic rings. The van der Waals surface area contributed by atoms with Gasteiger partial charge in [0.15, 0.2) is 11.6 Å². The van der Waals surface area contributed by atoms with Crippen molar-refractivity contribution in [2.75, 3.05) is 0 Å². The molecule has 0 fully saturated rings. The van der Waals surface area contributed by atoms with Gasteiger partial charge >= 0.3 is 0 Å². The third-order valence-corrected chi connectivity index (χ3v) is 9.48. The van der Waals surface area contributed by atoms with Gasteiger partial charge in [0.2, 0.25) is 5.95 Å². The highest BCUT2D eigenvalue weighted by molar-refractivity contribution is 6.13. The largest absolute Gasteiger partial charge is 0.456 e. The van der Waals surface area contributed by atoms with Crippen LogP contribution < -0.4 is 0 Å². The zero-order valence-electron chi connectivity index (χ0n) is 26.9. The highest BCUT2D eigenvalue weighted by Gasteiger charge is 2.21. The summed E-state index contributed by atoms with van der Waals surface area (Å²) in [5.41, 5.74) is 10.1. The van der Waals surface area contributed by atoms with Gasteiger partial charge in [-0.25, -0.2) is 4.98 Å². The fourth-order valence-corrected chi connectivity index (χ4v) is 7.12. The quantitative estimate of drug-likeness (QED) is 0.188. The molecule has 3 heterocycles. The van der Waals surface area contributed by atoms with E-state index in [0.29, 0.717) is 17.6 Å². The van der Waals surface area contributed by atoms with Crippen molar-refractivity contribution in [3.05, 3.63) is 170 Å². The molecule has 0 spiro atoms. The molecule has 0 N–H and O–H groups in total. The molecule has 10 rings (SSSR count). The van der Waals surface area contributed by atoms with Gasteiger partial charge in [-0.1, -0.05) is 133 Å². The topological polar surface area (TPSA) is 56.7 Å². The fraction of sp³-hybridized carbons (Fsp3) is 0. The van der Waals surface area contributed by atoms with Crippen LogP contribution in [-0.4, -0.2) is 19.5 Å². The van der Waals surface area contributed by atoms with Crippen LogP contribution in [0, 0.1) is 0 Å². The number of fused-ring (bicyclic) bond motifs is 6. The van der Waals surface area contributed by atoms with Gasteiger partial charge in [-0.2, -0.15) is 9.97 Å². The lowest BCUT2D eigenvalue weighted by molar-refractivity contribution is 0.669. The van der Waals surface area contributed by atoms with Crippen LogP contribution in [0.3, 0.4) is 0 Å². The third-order valence-electron chi connectivity index (χ3n) is 9.48. The first kappa shape index (κ1) is 28.2. The lowest BCUT2D eigenvalue weighted by Gasteiger charge is -2.11. The number of furan rings is 1. The molecule has 3 aromatic heterocycles. The second-order valence-corrected chi connectivity index (χ2v) is 12.5. The van der Waals surface area contributed by atoms with Crippen molar-refractivity contribution >= 4 is 43.7 Å². The van der Waals surface area contributed by atoms with E-state index in [9.17, 15) is 0 Å². The molecule has 0 saturated carbocycles. The molecule has 0 aliphatic heterocycles. The number of benzene rings is 7. The van der Waals surface area contributed by atoms with E-state index in [-0.39, 0.29) is 0 Å². The first-order chi connectivity index (χ1) is 24.8. The van der Waals surface area contributed by atoms with Crippen LogP contribution in [0.15, 0.2) is 174 Å². The fourth-order valence-electron chi connectivity index (χ4n) is 7.12. The van der Waals surface area contributed by atoms with E-state index >= 15 is 0 Å². The summed E-state index contributed by atoms with van der Waals surface area (Å²) in [6.07, 6.45) is 0. The van der Waals surface area contributed by atoms with Crippen molar-refractivity contribution in [3.8, 4) is 51.0 Å². The Morgan fingerprint density at radius 2 is 1.00 bits per heavy atom. The third kappa shape index (κ3) is 4.60. The molecule has 0 aliphatic carbocycles. The molecule has 5 heteroatoms. The molecule has 0 unspecified atom stereocenters. The number of rotatable bonds is 5. The monoisotopic (exact) mass is 640 g/mol. The number of nitrogens with zero attached hydrogens (tertiary/aromatic N) is 4. The minimum absolute atomic E-state index is 0.559. The second-order valence-electron chi connectivity index (χ2n) is 12.5. The Labute approximate surface area is 287 Å². The van der Waals surface area contributed by atoms with E-state index in [1.807, 2.05) is 54.6 Å². The number of hydrogen-bond donors (Lipinski definition) is 0. The van der Waals surface area contributed by atoms with E-state index in [1.165, 1.54) is 5.56 Å². The molecule has 10 aromatic rings. The van der Waals surface area contributed by atoms with Crippen molar-refractivity contribution in [3.63, 3.8) is 0 Å². The highest BCUT2D eigenvalue weighted by atomic mass is 16.3. The van der Waals surface area contributed by atoms with E-state index in [0.717, 1.165) is 71.6 Å². The Balaban J connectivity index is 1.22. The number of aromatic nitrogens is 4. The minimum Gasteiger partial charge on any atom is -0.456 e. The van der Waals surface area contributed by atoms with Crippen LogP contribution in [0.2, 0.25) is 0 Å². The van der Waals surface area contributed by atoms with Gasteiger partial charge in [-0.15, -0.1) is 0 Å². The molecular formula is C45H28N4O. The van der Waals surface area contributed by atoms with Crippen molar-refractivity contribution in [1.82, 2.24) is 19.5 Å². The second kappa shape index (κ2) is 11.4. The first-order valence-electron chi connectivity index (χ1n) is 16.7. The maximum absolute atomic E-state index is 6.48. The molecule has 0 amide bonds. The first-order valence-corrected chi connectivity index (χ1v) is 16.7. The Bertz CT molecular complexity index is 2860. The van der Waals surface area contributed by atoms with E-state index in [1.54, 1.807) is 0 Å². The van der Waals surface area contributed by atoms with E-state index in [2.05, 4.69) is 120 Å². The SMILES string of the molecule is c1ccc(-c2ccc3c(c2)oc2cccc(-c4nc(-c5ccccc5)nc(-n5c6ccccc6c6cc(-c7ccccc7)ccc65)n4)c23)cc1. The molecule has 5 nitrogen and oxygen atoms in total. The lowest BCUT2D eigenvalue weighted by Crippen LogP contribution is -2.06. The Morgan fingerprint density at radius 1 is 0.380 bits per heavy atom. The normalized spacial score (nSPS) is 11.6. The highest BCUT2D eigenvalue weighted by Crippen LogP contribution is 2.39. The molecule has 0 atom stereocenters. The summed E-state index contributed by atoms with van der Waals surface area (Å²) >= 11 is 0. The summed E-state index contributed by atoms with van der Waals surface area (Å²) in [4.78, 5) is 15.5. The van der Waals surface area contributed by atoms with Gasteiger partial charge in [0.25, 0.3) is 0 Å². The van der Waals surface area contributed by atoms with Crippen molar-refractivity contribution in [2.24, 2.45) is 0 Å². The Morgan fingerprint density at radius 3 is 1.76 bits per heavy atom. The summed E-state index contributed by atoms with van der Waals surface area (Å²) in [5.74, 6) is 1.75. The zero-order valence-corrected chi connectivity index (χ0v) is 26.9. The van der Waals surface area contributed by atoms with Crippen LogP contribution in [0.5, 0.6) is 0 Å². The van der Waals surface area contributed by atoms with Crippen LogP contribution in [0.4, 0.5) is 0 Å². The maximum Gasteiger partial charge on any atom is 0.238 e. The molecule has 0 radical (unpaired) electrons. The predicted octanol–water partition coefficient (Wildman–Crippen LogP) is 11.5. The average molecular weight is 641 g/mol. The van der Waals surface area contributed by atoms with Crippen molar-refractivity contribution in [1.29, 1.82) is 0 Å². The molecular weight excluding hydrogens is 613 g/mol. The Hall–Kier alpha value is -6.85. The summed E-state index contributed by atoms with van der Waals surface area (Å²) in [5, 5.41) is 4.28. The molecule has 7 aromatic carbocycles. The van der Waals surface area contributed by atoms with Gasteiger partial charge in [0.05, 0.1) is 11.0 Å². The molecule has 0 saturated heterocycles. The number of para-hydroxylation sites is 1. The van der Waals surface area contributed by atoms with Crippen LogP contribution in [0.25, 0.3) is 94.7 Å². The minimum atomic E-state index is 0.559. The number of hydrogen-bond acceptors (Lipinski definition) is 4. The standard InChI is InChI=1S/C45H28N4O/c1-4-13-29(14-5-1)32-24-26-39-37(27-32)34-19-10-11-21-38(34)49(39)45-47-43(31-17-8-3-9-18-31)46-44(48-45)36-20-12-22-40-42(36)35-25-23-33(28-41(35)50-40)30-15-6-2-7-16-30/h1-28H. The molecule has 0 bridgehead atoms. The summed E-state index contributed by atoms with van der Waals surface area (Å²) < 4.78 is 8.64. The van der Waals surface area contributed by atoms with Gasteiger partial charge in [-0.3, -0.25) is 4.57 Å².